The molecule has 0 spiro atoms. The molecule has 0 N–H and O–H groups in total. The summed E-state index contributed by atoms with van der Waals surface area (Å²) < 4.78 is 2.70. The van der Waals surface area contributed by atoms with Crippen LogP contribution in [0.15, 0.2) is 12.1 Å². The Bertz CT molecular complexity index is 506. The highest BCUT2D eigenvalue weighted by molar-refractivity contribution is 7.27. The topological polar surface area (TPSA) is 23.8 Å². The third-order valence-electron chi connectivity index (χ3n) is 2.77. The summed E-state index contributed by atoms with van der Waals surface area (Å²) in [7, 11) is 0. The predicted octanol–water partition coefficient (Wildman–Crippen LogP) is 3.83. The Labute approximate surface area is 90.6 Å². The van der Waals surface area contributed by atoms with Gasteiger partial charge < -0.3 is 0 Å². The molecule has 1 aliphatic rings. The lowest BCUT2D eigenvalue weighted by Gasteiger charge is -1.98. The Kier molecular flexibility index (Phi) is 1.56. The van der Waals surface area contributed by atoms with Gasteiger partial charge in [-0.15, -0.1) is 22.7 Å². The lowest BCUT2D eigenvalue weighted by atomic mass is 10.1. The number of hydrogen-bond donors (Lipinski definition) is 0. The van der Waals surface area contributed by atoms with Gasteiger partial charge in [0.15, 0.2) is 0 Å². The average Bonchev–Trinajstić information content (AvgIpc) is 2.75. The van der Waals surface area contributed by atoms with Crippen LogP contribution in [0.25, 0.3) is 9.40 Å². The third kappa shape index (κ3) is 1.05. The lowest BCUT2D eigenvalue weighted by molar-refractivity contribution is 0.938. The zero-order valence-electron chi connectivity index (χ0n) is 7.83. The zero-order valence-corrected chi connectivity index (χ0v) is 9.47. The molecule has 70 valence electrons. The molecule has 0 atom stereocenters. The average molecular weight is 219 g/mol. The van der Waals surface area contributed by atoms with E-state index in [4.69, 9.17) is 5.26 Å². The molecule has 3 heteroatoms. The second-order valence-electron chi connectivity index (χ2n) is 3.89. The summed E-state index contributed by atoms with van der Waals surface area (Å²) >= 11 is 3.63. The fourth-order valence-corrected chi connectivity index (χ4v) is 4.24. The van der Waals surface area contributed by atoms with Gasteiger partial charge in [0.05, 0.1) is 11.5 Å². The van der Waals surface area contributed by atoms with Crippen molar-refractivity contribution < 1.29 is 0 Å². The molecule has 2 aromatic heterocycles. The van der Waals surface area contributed by atoms with Gasteiger partial charge in [-0.2, -0.15) is 5.26 Å². The van der Waals surface area contributed by atoms with E-state index >= 15 is 0 Å². The van der Waals surface area contributed by atoms with Crippen molar-refractivity contribution in [1.29, 1.82) is 5.26 Å². The smallest absolute Gasteiger partial charge is 0.0916 e. The van der Waals surface area contributed by atoms with Crippen LogP contribution in [0.5, 0.6) is 0 Å². The third-order valence-corrected chi connectivity index (χ3v) is 5.18. The number of aryl methyl sites for hydroxylation is 1. The van der Waals surface area contributed by atoms with E-state index in [1.165, 1.54) is 19.2 Å². The molecule has 2 heterocycles. The Balaban J connectivity index is 2.16. The van der Waals surface area contributed by atoms with Crippen molar-refractivity contribution in [2.24, 2.45) is 0 Å². The van der Waals surface area contributed by atoms with Crippen molar-refractivity contribution in [2.75, 3.05) is 0 Å². The maximum Gasteiger partial charge on any atom is 0.0916 e. The summed E-state index contributed by atoms with van der Waals surface area (Å²) in [5.41, 5.74) is -0.0999. The van der Waals surface area contributed by atoms with Crippen LogP contribution < -0.4 is 0 Å². The standard InChI is InChI=1S/C11H9NS2/c1-7-4-8-9(13-7)5-10(14-8)11(6-12)2-3-11/h4-5H,2-3H2,1H3. The Morgan fingerprint density at radius 2 is 2.00 bits per heavy atom. The van der Waals surface area contributed by atoms with E-state index in [0.29, 0.717) is 0 Å². The van der Waals surface area contributed by atoms with E-state index in [2.05, 4.69) is 25.1 Å². The molecule has 0 saturated heterocycles. The van der Waals surface area contributed by atoms with Crippen molar-refractivity contribution >= 4 is 32.1 Å². The highest BCUT2D eigenvalue weighted by Crippen LogP contribution is 2.51. The van der Waals surface area contributed by atoms with Crippen LogP contribution >= 0.6 is 22.7 Å². The van der Waals surface area contributed by atoms with Gasteiger partial charge in [-0.25, -0.2) is 0 Å². The quantitative estimate of drug-likeness (QED) is 0.715. The number of hydrogen-bond acceptors (Lipinski definition) is 3. The van der Waals surface area contributed by atoms with E-state index in [-0.39, 0.29) is 5.41 Å². The van der Waals surface area contributed by atoms with E-state index in [1.54, 1.807) is 11.3 Å². The van der Waals surface area contributed by atoms with E-state index in [0.717, 1.165) is 12.8 Å². The van der Waals surface area contributed by atoms with Crippen molar-refractivity contribution in [3.63, 3.8) is 0 Å². The first-order chi connectivity index (χ1) is 6.73. The van der Waals surface area contributed by atoms with Crippen molar-refractivity contribution in [2.45, 2.75) is 25.2 Å². The highest BCUT2D eigenvalue weighted by Gasteiger charge is 2.46. The molecular formula is C11H9NS2. The summed E-state index contributed by atoms with van der Waals surface area (Å²) in [6, 6.07) is 6.89. The van der Waals surface area contributed by atoms with Gasteiger partial charge in [-0.05, 0) is 31.9 Å². The van der Waals surface area contributed by atoms with Crippen molar-refractivity contribution in [3.05, 3.63) is 21.9 Å². The van der Waals surface area contributed by atoms with Gasteiger partial charge in [-0.1, -0.05) is 0 Å². The Hall–Kier alpha value is -0.850. The second-order valence-corrected chi connectivity index (χ2v) is 6.26. The number of nitriles is 1. The van der Waals surface area contributed by atoms with Crippen LogP contribution in [0.1, 0.15) is 22.6 Å². The van der Waals surface area contributed by atoms with Gasteiger partial charge in [-0.3, -0.25) is 0 Å². The van der Waals surface area contributed by atoms with Crippen LogP contribution in [-0.2, 0) is 5.41 Å². The highest BCUT2D eigenvalue weighted by atomic mass is 32.1. The fourth-order valence-electron chi connectivity index (χ4n) is 1.73. The SMILES string of the molecule is Cc1cc2sc(C3(C#N)CC3)cc2s1. The first kappa shape index (κ1) is 8.46. The number of thiophene rings is 2. The first-order valence-electron chi connectivity index (χ1n) is 4.65. The molecule has 14 heavy (non-hydrogen) atoms. The van der Waals surface area contributed by atoms with E-state index in [9.17, 15) is 0 Å². The molecule has 3 rings (SSSR count). The summed E-state index contributed by atoms with van der Waals surface area (Å²) in [4.78, 5) is 2.64. The van der Waals surface area contributed by atoms with Gasteiger partial charge in [0.25, 0.3) is 0 Å². The molecule has 1 aliphatic carbocycles. The Morgan fingerprint density at radius 1 is 1.29 bits per heavy atom. The molecular weight excluding hydrogens is 210 g/mol. The van der Waals surface area contributed by atoms with Gasteiger partial charge >= 0.3 is 0 Å². The van der Waals surface area contributed by atoms with Crippen molar-refractivity contribution in [1.82, 2.24) is 0 Å². The first-order valence-corrected chi connectivity index (χ1v) is 6.28. The Morgan fingerprint density at radius 3 is 2.57 bits per heavy atom. The van der Waals surface area contributed by atoms with Crippen LogP contribution in [0, 0.1) is 18.3 Å². The molecule has 0 aliphatic heterocycles. The maximum atomic E-state index is 9.09. The minimum absolute atomic E-state index is 0.0999. The molecule has 1 nitrogen and oxygen atoms in total. The normalized spacial score (nSPS) is 18.3. The molecule has 0 unspecified atom stereocenters. The van der Waals surface area contributed by atoms with E-state index in [1.807, 2.05) is 11.3 Å². The molecule has 0 amide bonds. The van der Waals surface area contributed by atoms with Crippen LogP contribution in [0.3, 0.4) is 0 Å². The molecule has 0 bridgehead atoms. The van der Waals surface area contributed by atoms with Crippen LogP contribution in [0.4, 0.5) is 0 Å². The summed E-state index contributed by atoms with van der Waals surface area (Å²) in [6.07, 6.45) is 2.10. The molecule has 0 aromatic carbocycles. The molecule has 1 saturated carbocycles. The van der Waals surface area contributed by atoms with Gasteiger partial charge in [0, 0.05) is 19.2 Å². The van der Waals surface area contributed by atoms with Crippen LogP contribution in [-0.4, -0.2) is 0 Å². The minimum Gasteiger partial charge on any atom is -0.197 e. The summed E-state index contributed by atoms with van der Waals surface area (Å²) in [5.74, 6) is 0. The van der Waals surface area contributed by atoms with E-state index < -0.39 is 0 Å². The fraction of sp³-hybridized carbons (Fsp3) is 0.364. The van der Waals surface area contributed by atoms with Crippen molar-refractivity contribution in [3.8, 4) is 6.07 Å². The summed E-state index contributed by atoms with van der Waals surface area (Å²) in [6.45, 7) is 2.13. The largest absolute Gasteiger partial charge is 0.197 e. The number of fused-ring (bicyclic) bond motifs is 1. The summed E-state index contributed by atoms with van der Waals surface area (Å²) in [5, 5.41) is 9.09. The lowest BCUT2D eigenvalue weighted by Crippen LogP contribution is -1.97. The minimum atomic E-state index is -0.0999. The number of nitrogens with zero attached hydrogens (tertiary/aromatic N) is 1. The number of rotatable bonds is 1. The van der Waals surface area contributed by atoms with Crippen LogP contribution in [0.2, 0.25) is 0 Å². The molecule has 2 aromatic rings. The second kappa shape index (κ2) is 2.59. The van der Waals surface area contributed by atoms with Gasteiger partial charge in [0.2, 0.25) is 0 Å². The maximum absolute atomic E-state index is 9.09. The monoisotopic (exact) mass is 219 g/mol. The zero-order chi connectivity index (χ0) is 9.76. The molecule has 1 fully saturated rings. The molecule has 0 radical (unpaired) electrons. The van der Waals surface area contributed by atoms with Gasteiger partial charge in [0.1, 0.15) is 0 Å². The predicted molar refractivity (Wildman–Crippen MR) is 61.0 cm³/mol.